The number of rotatable bonds is 8. The van der Waals surface area contributed by atoms with E-state index in [1.54, 1.807) is 31.4 Å². The normalized spacial score (nSPS) is 9.84. The molecule has 2 rings (SSSR count). The molecule has 136 valence electrons. The van der Waals surface area contributed by atoms with Gasteiger partial charge in [-0.15, -0.1) is 12.4 Å². The van der Waals surface area contributed by atoms with E-state index in [-0.39, 0.29) is 18.3 Å². The van der Waals surface area contributed by atoms with Crippen LogP contribution in [0.2, 0.25) is 0 Å². The first-order valence-corrected chi connectivity index (χ1v) is 8.07. The highest BCUT2D eigenvalue weighted by molar-refractivity contribution is 5.94. The lowest BCUT2D eigenvalue weighted by Gasteiger charge is -2.12. The van der Waals surface area contributed by atoms with Gasteiger partial charge in [-0.1, -0.05) is 25.5 Å². The number of carbonyl (C=O) groups excluding carboxylic acids is 1. The van der Waals surface area contributed by atoms with E-state index in [0.29, 0.717) is 30.2 Å². The minimum atomic E-state index is -0.162. The van der Waals surface area contributed by atoms with Crippen molar-refractivity contribution in [1.82, 2.24) is 5.32 Å². The molecule has 0 aromatic heterocycles. The van der Waals surface area contributed by atoms with Gasteiger partial charge < -0.3 is 20.5 Å². The van der Waals surface area contributed by atoms with E-state index in [1.165, 1.54) is 0 Å². The molecule has 2 aromatic carbocycles. The molecule has 0 bridgehead atoms. The van der Waals surface area contributed by atoms with Gasteiger partial charge >= 0.3 is 0 Å². The molecular weight excluding hydrogens is 340 g/mol. The summed E-state index contributed by atoms with van der Waals surface area (Å²) in [5.41, 5.74) is 7.75. The van der Waals surface area contributed by atoms with E-state index in [2.05, 4.69) is 12.2 Å². The van der Waals surface area contributed by atoms with Gasteiger partial charge in [0, 0.05) is 17.8 Å². The smallest absolute Gasteiger partial charge is 0.251 e. The van der Waals surface area contributed by atoms with Crippen LogP contribution in [-0.4, -0.2) is 19.6 Å². The molecule has 5 nitrogen and oxygen atoms in total. The molecule has 1 amide bonds. The largest absolute Gasteiger partial charge is 0.493 e. The highest BCUT2D eigenvalue weighted by Crippen LogP contribution is 2.28. The van der Waals surface area contributed by atoms with Gasteiger partial charge in [-0.05, 0) is 42.3 Å². The molecule has 25 heavy (non-hydrogen) atoms. The predicted molar refractivity (Wildman–Crippen MR) is 103 cm³/mol. The van der Waals surface area contributed by atoms with Crippen molar-refractivity contribution in [3.63, 3.8) is 0 Å². The van der Waals surface area contributed by atoms with Gasteiger partial charge in [0.05, 0.1) is 13.7 Å². The van der Waals surface area contributed by atoms with Gasteiger partial charge in [-0.3, -0.25) is 4.79 Å². The molecule has 0 fully saturated rings. The highest BCUT2D eigenvalue weighted by atomic mass is 35.5. The summed E-state index contributed by atoms with van der Waals surface area (Å²) in [6, 6.07) is 12.6. The summed E-state index contributed by atoms with van der Waals surface area (Å²) in [4.78, 5) is 12.1. The number of hydrogen-bond donors (Lipinski definition) is 2. The molecule has 0 unspecified atom stereocenters. The van der Waals surface area contributed by atoms with Crippen LogP contribution < -0.4 is 20.5 Å². The van der Waals surface area contributed by atoms with Gasteiger partial charge in [-0.25, -0.2) is 0 Å². The number of amides is 1. The number of methoxy groups -OCH3 is 1. The number of nitrogen functional groups attached to an aromatic ring is 1. The Hall–Kier alpha value is -2.40. The van der Waals surface area contributed by atoms with Crippen molar-refractivity contribution in [3.8, 4) is 11.5 Å². The van der Waals surface area contributed by atoms with Gasteiger partial charge in [0.25, 0.3) is 5.91 Å². The predicted octanol–water partition coefficient (Wildman–Crippen LogP) is 3.81. The van der Waals surface area contributed by atoms with Crippen LogP contribution in [0.3, 0.4) is 0 Å². The van der Waals surface area contributed by atoms with Crippen molar-refractivity contribution in [3.05, 3.63) is 53.6 Å². The number of unbranched alkanes of at least 4 members (excludes halogenated alkanes) is 1. The Bertz CT molecular complexity index is 692. The Morgan fingerprint density at radius 3 is 2.64 bits per heavy atom. The Balaban J connectivity index is 0.00000312. The van der Waals surface area contributed by atoms with Crippen molar-refractivity contribution < 1.29 is 14.3 Å². The maximum Gasteiger partial charge on any atom is 0.251 e. The Kier molecular flexibility index (Phi) is 8.64. The van der Waals surface area contributed by atoms with Crippen molar-refractivity contribution in [1.29, 1.82) is 0 Å². The van der Waals surface area contributed by atoms with Gasteiger partial charge in [0.2, 0.25) is 0 Å². The first kappa shape index (κ1) is 20.6. The molecule has 0 saturated heterocycles. The lowest BCUT2D eigenvalue weighted by atomic mass is 10.1. The zero-order valence-corrected chi connectivity index (χ0v) is 15.4. The Labute approximate surface area is 154 Å². The van der Waals surface area contributed by atoms with Crippen molar-refractivity contribution in [2.24, 2.45) is 0 Å². The number of nitrogens with one attached hydrogen (secondary N) is 1. The summed E-state index contributed by atoms with van der Waals surface area (Å²) >= 11 is 0. The van der Waals surface area contributed by atoms with E-state index in [1.807, 2.05) is 18.2 Å². The third-order valence-electron chi connectivity index (χ3n) is 3.59. The highest BCUT2D eigenvalue weighted by Gasteiger charge is 2.08. The summed E-state index contributed by atoms with van der Waals surface area (Å²) in [5.74, 6) is 1.23. The van der Waals surface area contributed by atoms with E-state index >= 15 is 0 Å². The van der Waals surface area contributed by atoms with Crippen LogP contribution in [0.1, 0.15) is 35.7 Å². The second-order valence-electron chi connectivity index (χ2n) is 5.50. The first-order chi connectivity index (χ1) is 11.6. The van der Waals surface area contributed by atoms with E-state index in [9.17, 15) is 4.79 Å². The zero-order chi connectivity index (χ0) is 17.4. The summed E-state index contributed by atoms with van der Waals surface area (Å²) in [6.07, 6.45) is 2.08. The number of nitrogens with two attached hydrogens (primary N) is 1. The number of carbonyl (C=O) groups is 1. The number of ether oxygens (including phenoxy) is 2. The molecule has 0 saturated carbocycles. The van der Waals surface area contributed by atoms with Crippen molar-refractivity contribution in [2.45, 2.75) is 26.3 Å². The van der Waals surface area contributed by atoms with Gasteiger partial charge in [-0.2, -0.15) is 0 Å². The van der Waals surface area contributed by atoms with Crippen LogP contribution in [0, 0.1) is 0 Å². The summed E-state index contributed by atoms with van der Waals surface area (Å²) in [6.45, 7) is 3.18. The summed E-state index contributed by atoms with van der Waals surface area (Å²) in [5, 5.41) is 2.87. The number of benzene rings is 2. The Morgan fingerprint density at radius 2 is 1.96 bits per heavy atom. The first-order valence-electron chi connectivity index (χ1n) is 8.07. The molecule has 3 N–H and O–H groups in total. The molecule has 0 atom stereocenters. The van der Waals surface area contributed by atoms with Crippen LogP contribution in [0.15, 0.2) is 42.5 Å². The second kappa shape index (κ2) is 10.5. The zero-order valence-electron chi connectivity index (χ0n) is 14.6. The third-order valence-corrected chi connectivity index (χ3v) is 3.59. The number of anilines is 1. The maximum atomic E-state index is 12.1. The van der Waals surface area contributed by atoms with E-state index in [4.69, 9.17) is 15.2 Å². The summed E-state index contributed by atoms with van der Waals surface area (Å²) in [7, 11) is 1.61. The average Bonchev–Trinajstić information content (AvgIpc) is 2.60. The molecule has 0 radical (unpaired) electrons. The maximum absolute atomic E-state index is 12.1. The molecule has 0 spiro atoms. The van der Waals surface area contributed by atoms with Gasteiger partial charge in [0.15, 0.2) is 11.5 Å². The molecule has 6 heteroatoms. The molecule has 2 aromatic rings. The van der Waals surface area contributed by atoms with E-state index < -0.39 is 0 Å². The van der Waals surface area contributed by atoms with Crippen LogP contribution >= 0.6 is 12.4 Å². The lowest BCUT2D eigenvalue weighted by molar-refractivity contribution is 0.0951. The standard InChI is InChI=1S/C19H24N2O3.ClH/c1-3-4-10-24-17-9-8-14(11-18(17)23-2)13-21-19(22)15-6-5-7-16(20)12-15;/h5-9,11-12H,3-4,10,13,20H2,1-2H3,(H,21,22);1H. The molecule has 0 aliphatic rings. The second-order valence-corrected chi connectivity index (χ2v) is 5.50. The number of hydrogen-bond acceptors (Lipinski definition) is 4. The van der Waals surface area contributed by atoms with Crippen LogP contribution in [0.25, 0.3) is 0 Å². The van der Waals surface area contributed by atoms with Crippen molar-refractivity contribution >= 4 is 24.0 Å². The van der Waals surface area contributed by atoms with Crippen LogP contribution in [0.5, 0.6) is 11.5 Å². The van der Waals surface area contributed by atoms with E-state index in [0.717, 1.165) is 24.2 Å². The molecule has 0 aliphatic carbocycles. The molecule has 0 heterocycles. The monoisotopic (exact) mass is 364 g/mol. The van der Waals surface area contributed by atoms with Gasteiger partial charge in [0.1, 0.15) is 0 Å². The lowest BCUT2D eigenvalue weighted by Crippen LogP contribution is -2.22. The fourth-order valence-corrected chi connectivity index (χ4v) is 2.23. The minimum Gasteiger partial charge on any atom is -0.493 e. The Morgan fingerprint density at radius 1 is 1.16 bits per heavy atom. The SMILES string of the molecule is CCCCOc1ccc(CNC(=O)c2cccc(N)c2)cc1OC.Cl. The fraction of sp³-hybridized carbons (Fsp3) is 0.316. The quantitative estimate of drug-likeness (QED) is 0.551. The summed E-state index contributed by atoms with van der Waals surface area (Å²) < 4.78 is 11.1. The number of halogens is 1. The molecular formula is C19H25ClN2O3. The average molecular weight is 365 g/mol. The minimum absolute atomic E-state index is 0. The molecule has 0 aliphatic heterocycles. The fourth-order valence-electron chi connectivity index (χ4n) is 2.23. The van der Waals surface area contributed by atoms with Crippen LogP contribution in [-0.2, 0) is 6.54 Å². The van der Waals surface area contributed by atoms with Crippen molar-refractivity contribution in [2.75, 3.05) is 19.5 Å². The third kappa shape index (κ3) is 6.19. The topological polar surface area (TPSA) is 73.6 Å². The van der Waals surface area contributed by atoms with Crippen LogP contribution in [0.4, 0.5) is 5.69 Å².